The number of carbonyl (C=O) groups is 2. The molecule has 6 nitrogen and oxygen atoms in total. The van der Waals surface area contributed by atoms with E-state index in [1.54, 1.807) is 36.3 Å². The van der Waals surface area contributed by atoms with Gasteiger partial charge in [0.2, 0.25) is 5.91 Å². The van der Waals surface area contributed by atoms with Crippen LogP contribution in [0.1, 0.15) is 28.8 Å². The monoisotopic (exact) mass is 366 g/mol. The Balaban J connectivity index is 1.51. The standard InChI is InChI=1S/C21H22N2O4/c1-26-18-7-4-15(5-8-18)21(25)23-10-11-27-19-9-6-17(12-16(19)13-23)22-20(24)14-2-3-14/h4-9,12,14H,2-3,10-11,13H2,1H3,(H,22,24). The van der Waals surface area contributed by atoms with Gasteiger partial charge in [-0.15, -0.1) is 0 Å². The van der Waals surface area contributed by atoms with Crippen molar-refractivity contribution in [1.29, 1.82) is 0 Å². The largest absolute Gasteiger partial charge is 0.497 e. The normalized spacial score (nSPS) is 16.0. The number of benzene rings is 2. The lowest BCUT2D eigenvalue weighted by Gasteiger charge is -2.20. The number of hydrogen-bond donors (Lipinski definition) is 1. The minimum atomic E-state index is -0.0541. The fraction of sp³-hybridized carbons (Fsp3) is 0.333. The number of hydrogen-bond acceptors (Lipinski definition) is 4. The molecule has 0 bridgehead atoms. The summed E-state index contributed by atoms with van der Waals surface area (Å²) in [5.74, 6) is 1.63. The Morgan fingerprint density at radius 3 is 2.63 bits per heavy atom. The number of amides is 2. The zero-order valence-corrected chi connectivity index (χ0v) is 15.2. The van der Waals surface area contributed by atoms with Crippen molar-refractivity contribution in [2.24, 2.45) is 5.92 Å². The lowest BCUT2D eigenvalue weighted by atomic mass is 10.1. The summed E-state index contributed by atoms with van der Waals surface area (Å²) in [6, 6.07) is 12.7. The molecule has 0 atom stereocenters. The lowest BCUT2D eigenvalue weighted by molar-refractivity contribution is -0.117. The first-order chi connectivity index (χ1) is 13.1. The van der Waals surface area contributed by atoms with Crippen molar-refractivity contribution in [2.75, 3.05) is 25.6 Å². The van der Waals surface area contributed by atoms with E-state index in [0.717, 1.165) is 29.8 Å². The Hall–Kier alpha value is -3.02. The van der Waals surface area contributed by atoms with Gasteiger partial charge < -0.3 is 19.7 Å². The predicted molar refractivity (Wildman–Crippen MR) is 101 cm³/mol. The first-order valence-electron chi connectivity index (χ1n) is 9.14. The molecule has 1 aliphatic carbocycles. The van der Waals surface area contributed by atoms with E-state index >= 15 is 0 Å². The molecule has 1 aliphatic heterocycles. The zero-order valence-electron chi connectivity index (χ0n) is 15.2. The van der Waals surface area contributed by atoms with Gasteiger partial charge in [-0.3, -0.25) is 9.59 Å². The molecule has 0 aromatic heterocycles. The van der Waals surface area contributed by atoms with Gasteiger partial charge in [0.05, 0.1) is 13.7 Å². The maximum absolute atomic E-state index is 12.9. The van der Waals surface area contributed by atoms with Crippen LogP contribution in [0.15, 0.2) is 42.5 Å². The highest BCUT2D eigenvalue weighted by Gasteiger charge is 2.30. The molecule has 1 N–H and O–H groups in total. The fourth-order valence-corrected chi connectivity index (χ4v) is 3.15. The Morgan fingerprint density at radius 2 is 1.93 bits per heavy atom. The average Bonchev–Trinajstić information content (AvgIpc) is 3.54. The smallest absolute Gasteiger partial charge is 0.254 e. The highest BCUT2D eigenvalue weighted by atomic mass is 16.5. The maximum Gasteiger partial charge on any atom is 0.254 e. The summed E-state index contributed by atoms with van der Waals surface area (Å²) in [4.78, 5) is 26.6. The SMILES string of the molecule is COc1ccc(C(=O)N2CCOc3ccc(NC(=O)C4CC4)cc3C2)cc1. The Morgan fingerprint density at radius 1 is 1.15 bits per heavy atom. The van der Waals surface area contributed by atoms with Gasteiger partial charge in [0.25, 0.3) is 5.91 Å². The van der Waals surface area contributed by atoms with Crippen LogP contribution in [0.25, 0.3) is 0 Å². The van der Waals surface area contributed by atoms with Crippen LogP contribution in [0.2, 0.25) is 0 Å². The molecule has 6 heteroatoms. The summed E-state index contributed by atoms with van der Waals surface area (Å²) < 4.78 is 10.9. The topological polar surface area (TPSA) is 67.9 Å². The molecule has 4 rings (SSSR count). The third kappa shape index (κ3) is 3.89. The van der Waals surface area contributed by atoms with Crippen LogP contribution in [0, 0.1) is 5.92 Å². The summed E-state index contributed by atoms with van der Waals surface area (Å²) >= 11 is 0. The minimum absolute atomic E-state index is 0.0541. The first kappa shape index (κ1) is 17.4. The van der Waals surface area contributed by atoms with Crippen molar-refractivity contribution < 1.29 is 19.1 Å². The number of ether oxygens (including phenoxy) is 2. The molecule has 0 spiro atoms. The quantitative estimate of drug-likeness (QED) is 0.903. The second-order valence-corrected chi connectivity index (χ2v) is 6.89. The van der Waals surface area contributed by atoms with Crippen LogP contribution in [0.3, 0.4) is 0 Å². The van der Waals surface area contributed by atoms with E-state index in [-0.39, 0.29) is 17.7 Å². The summed E-state index contributed by atoms with van der Waals surface area (Å²) in [5.41, 5.74) is 2.24. The van der Waals surface area contributed by atoms with E-state index < -0.39 is 0 Å². The molecule has 2 aromatic rings. The number of nitrogens with one attached hydrogen (secondary N) is 1. The molecule has 1 heterocycles. The van der Waals surface area contributed by atoms with E-state index in [0.29, 0.717) is 31.0 Å². The van der Waals surface area contributed by atoms with E-state index in [1.165, 1.54) is 0 Å². The molecule has 1 saturated carbocycles. The van der Waals surface area contributed by atoms with Gasteiger partial charge in [0, 0.05) is 29.3 Å². The van der Waals surface area contributed by atoms with Crippen molar-refractivity contribution >= 4 is 17.5 Å². The molecule has 27 heavy (non-hydrogen) atoms. The molecule has 2 aliphatic rings. The predicted octanol–water partition coefficient (Wildman–Crippen LogP) is 3.08. The molecular formula is C21H22N2O4. The van der Waals surface area contributed by atoms with Gasteiger partial charge in [0.1, 0.15) is 18.1 Å². The van der Waals surface area contributed by atoms with Crippen molar-refractivity contribution in [2.45, 2.75) is 19.4 Å². The Bertz CT molecular complexity index is 859. The van der Waals surface area contributed by atoms with E-state index in [9.17, 15) is 9.59 Å². The van der Waals surface area contributed by atoms with E-state index in [1.807, 2.05) is 18.2 Å². The molecule has 0 saturated heterocycles. The van der Waals surface area contributed by atoms with Crippen LogP contribution < -0.4 is 14.8 Å². The highest BCUT2D eigenvalue weighted by Crippen LogP contribution is 2.32. The third-order valence-electron chi connectivity index (χ3n) is 4.88. The lowest BCUT2D eigenvalue weighted by Crippen LogP contribution is -2.32. The fourth-order valence-electron chi connectivity index (χ4n) is 3.15. The molecule has 2 amide bonds. The molecular weight excluding hydrogens is 344 g/mol. The van der Waals surface area contributed by atoms with Gasteiger partial charge in [-0.05, 0) is 55.3 Å². The van der Waals surface area contributed by atoms with E-state index in [2.05, 4.69) is 5.32 Å². The van der Waals surface area contributed by atoms with Crippen LogP contribution in [0.4, 0.5) is 5.69 Å². The van der Waals surface area contributed by atoms with Crippen LogP contribution in [-0.2, 0) is 11.3 Å². The number of methoxy groups -OCH3 is 1. The molecule has 140 valence electrons. The Labute approximate surface area is 158 Å². The molecule has 0 radical (unpaired) electrons. The maximum atomic E-state index is 12.9. The number of nitrogens with zero attached hydrogens (tertiary/aromatic N) is 1. The van der Waals surface area contributed by atoms with Gasteiger partial charge in [-0.1, -0.05) is 0 Å². The van der Waals surface area contributed by atoms with Crippen LogP contribution in [0.5, 0.6) is 11.5 Å². The molecule has 0 unspecified atom stereocenters. The van der Waals surface area contributed by atoms with E-state index in [4.69, 9.17) is 9.47 Å². The first-order valence-corrected chi connectivity index (χ1v) is 9.14. The number of anilines is 1. The van der Waals surface area contributed by atoms with Crippen LogP contribution in [-0.4, -0.2) is 37.0 Å². The van der Waals surface area contributed by atoms with Gasteiger partial charge in [-0.25, -0.2) is 0 Å². The number of fused-ring (bicyclic) bond motifs is 1. The molecule has 1 fully saturated rings. The second-order valence-electron chi connectivity index (χ2n) is 6.89. The van der Waals surface area contributed by atoms with Crippen molar-refractivity contribution in [3.8, 4) is 11.5 Å². The summed E-state index contributed by atoms with van der Waals surface area (Å²) in [5, 5.41) is 2.95. The summed E-state index contributed by atoms with van der Waals surface area (Å²) in [6.07, 6.45) is 1.92. The zero-order chi connectivity index (χ0) is 18.8. The van der Waals surface area contributed by atoms with Crippen molar-refractivity contribution in [1.82, 2.24) is 4.90 Å². The second kappa shape index (κ2) is 7.31. The van der Waals surface area contributed by atoms with Crippen molar-refractivity contribution in [3.63, 3.8) is 0 Å². The number of rotatable bonds is 4. The van der Waals surface area contributed by atoms with Gasteiger partial charge >= 0.3 is 0 Å². The third-order valence-corrected chi connectivity index (χ3v) is 4.88. The molecule has 2 aromatic carbocycles. The minimum Gasteiger partial charge on any atom is -0.497 e. The van der Waals surface area contributed by atoms with Gasteiger partial charge in [-0.2, -0.15) is 0 Å². The summed E-state index contributed by atoms with van der Waals surface area (Å²) in [7, 11) is 1.60. The Kier molecular flexibility index (Phi) is 4.71. The highest BCUT2D eigenvalue weighted by molar-refractivity contribution is 5.95. The van der Waals surface area contributed by atoms with Crippen LogP contribution >= 0.6 is 0 Å². The average molecular weight is 366 g/mol. The summed E-state index contributed by atoms with van der Waals surface area (Å²) in [6.45, 7) is 1.37. The number of carbonyl (C=O) groups excluding carboxylic acids is 2. The van der Waals surface area contributed by atoms with Gasteiger partial charge in [0.15, 0.2) is 0 Å². The van der Waals surface area contributed by atoms with Crippen molar-refractivity contribution in [3.05, 3.63) is 53.6 Å².